The average Bonchev–Trinajstić information content (AvgIpc) is 3.39. The van der Waals surface area contributed by atoms with Gasteiger partial charge in [0.25, 0.3) is 5.91 Å². The number of pyridine rings is 1. The molecule has 5 rings (SSSR count). The highest BCUT2D eigenvalue weighted by Crippen LogP contribution is 2.34. The number of likely N-dealkylation sites (tertiary alicyclic amines) is 1. The number of rotatable bonds is 3. The molecule has 6 heteroatoms. The molecule has 1 aromatic carbocycles. The molecule has 0 saturated carbocycles. The first-order valence-electron chi connectivity index (χ1n) is 10.3. The largest absolute Gasteiger partial charge is 0.329 e. The molecular weight excluding hydrogens is 428 g/mol. The van der Waals surface area contributed by atoms with Gasteiger partial charge in [-0.15, -0.1) is 0 Å². The molecule has 0 radical (unpaired) electrons. The Hall–Kier alpha value is -2.47. The van der Waals surface area contributed by atoms with E-state index in [-0.39, 0.29) is 11.9 Å². The van der Waals surface area contributed by atoms with E-state index in [1.807, 2.05) is 46.0 Å². The minimum Gasteiger partial charge on any atom is -0.329 e. The van der Waals surface area contributed by atoms with Crippen LogP contribution in [-0.4, -0.2) is 32.1 Å². The van der Waals surface area contributed by atoms with Gasteiger partial charge in [-0.2, -0.15) is 5.10 Å². The molecule has 0 spiro atoms. The average molecular weight is 451 g/mol. The lowest BCUT2D eigenvalue weighted by molar-refractivity contribution is 0.0725. The number of aromatic nitrogens is 3. The second kappa shape index (κ2) is 7.75. The molecule has 5 nitrogen and oxygen atoms in total. The summed E-state index contributed by atoms with van der Waals surface area (Å²) in [7, 11) is 0. The molecule has 3 heterocycles. The van der Waals surface area contributed by atoms with Gasteiger partial charge in [0.05, 0.1) is 17.4 Å². The third-order valence-corrected chi connectivity index (χ3v) is 6.47. The van der Waals surface area contributed by atoms with E-state index in [9.17, 15) is 4.79 Å². The highest BCUT2D eigenvalue weighted by atomic mass is 79.9. The summed E-state index contributed by atoms with van der Waals surface area (Å²) in [6, 6.07) is 14.1. The fourth-order valence-corrected chi connectivity index (χ4v) is 5.01. The molecule has 2 aromatic heterocycles. The summed E-state index contributed by atoms with van der Waals surface area (Å²) in [6.07, 6.45) is 7.90. The monoisotopic (exact) mass is 450 g/mol. The Balaban J connectivity index is 1.55. The molecule has 0 bridgehead atoms. The van der Waals surface area contributed by atoms with Crippen molar-refractivity contribution < 1.29 is 4.79 Å². The van der Waals surface area contributed by atoms with E-state index in [0.717, 1.165) is 66.5 Å². The molecule has 0 N–H and O–H groups in total. The van der Waals surface area contributed by atoms with Crippen molar-refractivity contribution in [2.75, 3.05) is 6.54 Å². The molecule has 148 valence electrons. The predicted octanol–water partition coefficient (Wildman–Crippen LogP) is 4.89. The predicted molar refractivity (Wildman–Crippen MR) is 115 cm³/mol. The van der Waals surface area contributed by atoms with E-state index in [4.69, 9.17) is 5.10 Å². The Kier molecular flexibility index (Phi) is 4.96. The lowest BCUT2D eigenvalue weighted by Crippen LogP contribution is -2.32. The van der Waals surface area contributed by atoms with Crippen LogP contribution in [0.2, 0.25) is 0 Å². The first-order valence-corrected chi connectivity index (χ1v) is 11.1. The van der Waals surface area contributed by atoms with Gasteiger partial charge in [0.2, 0.25) is 0 Å². The van der Waals surface area contributed by atoms with Crippen molar-refractivity contribution in [1.29, 1.82) is 0 Å². The molecule has 1 saturated heterocycles. The van der Waals surface area contributed by atoms with Gasteiger partial charge < -0.3 is 4.90 Å². The van der Waals surface area contributed by atoms with Crippen molar-refractivity contribution in [3.05, 3.63) is 75.8 Å². The number of fused-ring (bicyclic) bond motifs is 1. The lowest BCUT2D eigenvalue weighted by atomic mass is 9.95. The lowest BCUT2D eigenvalue weighted by Gasteiger charge is -2.24. The van der Waals surface area contributed by atoms with Crippen LogP contribution in [0.5, 0.6) is 0 Å². The zero-order chi connectivity index (χ0) is 19.8. The van der Waals surface area contributed by atoms with Crippen molar-refractivity contribution in [2.45, 2.75) is 44.6 Å². The number of carbonyl (C=O) groups is 1. The SMILES string of the molecule is O=C(c1nn(-c2cccc(Br)c2)c2c1CCCC2)N1CCCC1c1ccccn1. The minimum absolute atomic E-state index is 0.0407. The zero-order valence-electron chi connectivity index (χ0n) is 16.2. The summed E-state index contributed by atoms with van der Waals surface area (Å²) < 4.78 is 3.00. The standard InChI is InChI=1S/C23H23BrN4O/c24-16-7-5-8-17(15-16)28-20-11-2-1-9-18(20)22(26-28)23(29)27-14-6-12-21(27)19-10-3-4-13-25-19/h3-5,7-8,10,13,15,21H,1-2,6,9,11-12,14H2. The first kappa shape index (κ1) is 18.6. The zero-order valence-corrected chi connectivity index (χ0v) is 17.8. The normalized spacial score (nSPS) is 18.7. The fourth-order valence-electron chi connectivity index (χ4n) is 4.62. The van der Waals surface area contributed by atoms with Crippen molar-refractivity contribution in [3.8, 4) is 5.69 Å². The summed E-state index contributed by atoms with van der Waals surface area (Å²) >= 11 is 3.56. The summed E-state index contributed by atoms with van der Waals surface area (Å²) in [5, 5.41) is 4.86. The maximum atomic E-state index is 13.6. The third kappa shape index (κ3) is 3.39. The molecule has 1 aliphatic heterocycles. The number of hydrogen-bond acceptors (Lipinski definition) is 3. The fraction of sp³-hybridized carbons (Fsp3) is 0.348. The Bertz CT molecular complexity index is 1050. The molecule has 1 atom stereocenters. The van der Waals surface area contributed by atoms with Crippen LogP contribution < -0.4 is 0 Å². The Morgan fingerprint density at radius 1 is 1.07 bits per heavy atom. The Morgan fingerprint density at radius 2 is 1.97 bits per heavy atom. The van der Waals surface area contributed by atoms with E-state index < -0.39 is 0 Å². The van der Waals surface area contributed by atoms with Gasteiger partial charge in [0, 0.05) is 28.5 Å². The summed E-state index contributed by atoms with van der Waals surface area (Å²) in [6.45, 7) is 0.762. The molecule has 1 unspecified atom stereocenters. The quantitative estimate of drug-likeness (QED) is 0.570. The van der Waals surface area contributed by atoms with Crippen LogP contribution in [0, 0.1) is 0 Å². The number of nitrogens with zero attached hydrogens (tertiary/aromatic N) is 4. The van der Waals surface area contributed by atoms with Crippen LogP contribution in [0.3, 0.4) is 0 Å². The topological polar surface area (TPSA) is 51.0 Å². The number of halogens is 1. The molecular formula is C23H23BrN4O. The van der Waals surface area contributed by atoms with Gasteiger partial charge in [-0.05, 0) is 68.9 Å². The van der Waals surface area contributed by atoms with Gasteiger partial charge in [0.1, 0.15) is 0 Å². The molecule has 29 heavy (non-hydrogen) atoms. The number of carbonyl (C=O) groups excluding carboxylic acids is 1. The van der Waals surface area contributed by atoms with E-state index in [1.165, 1.54) is 5.69 Å². The third-order valence-electron chi connectivity index (χ3n) is 5.98. The highest BCUT2D eigenvalue weighted by Gasteiger charge is 2.35. The van der Waals surface area contributed by atoms with Crippen LogP contribution in [-0.2, 0) is 12.8 Å². The van der Waals surface area contributed by atoms with E-state index in [1.54, 1.807) is 6.20 Å². The van der Waals surface area contributed by atoms with Crippen LogP contribution in [0.25, 0.3) is 5.69 Å². The van der Waals surface area contributed by atoms with Gasteiger partial charge in [0.15, 0.2) is 5.69 Å². The van der Waals surface area contributed by atoms with Crippen LogP contribution >= 0.6 is 15.9 Å². The molecule has 2 aliphatic rings. The molecule has 1 aliphatic carbocycles. The molecule has 3 aromatic rings. The molecule has 1 amide bonds. The summed E-state index contributed by atoms with van der Waals surface area (Å²) in [4.78, 5) is 20.1. The smallest absolute Gasteiger partial charge is 0.275 e. The maximum absolute atomic E-state index is 13.6. The second-order valence-electron chi connectivity index (χ2n) is 7.78. The summed E-state index contributed by atoms with van der Waals surface area (Å²) in [5.41, 5.74) is 4.92. The summed E-state index contributed by atoms with van der Waals surface area (Å²) in [5.74, 6) is 0.0463. The molecule has 1 fully saturated rings. The number of hydrogen-bond donors (Lipinski definition) is 0. The van der Waals surface area contributed by atoms with Crippen LogP contribution in [0.15, 0.2) is 53.1 Å². The Morgan fingerprint density at radius 3 is 2.79 bits per heavy atom. The van der Waals surface area contributed by atoms with E-state index >= 15 is 0 Å². The van der Waals surface area contributed by atoms with Crippen molar-refractivity contribution >= 4 is 21.8 Å². The van der Waals surface area contributed by atoms with Gasteiger partial charge in [-0.3, -0.25) is 9.78 Å². The minimum atomic E-state index is 0.0407. The van der Waals surface area contributed by atoms with Gasteiger partial charge in [-0.1, -0.05) is 28.1 Å². The van der Waals surface area contributed by atoms with Gasteiger partial charge in [-0.25, -0.2) is 4.68 Å². The highest BCUT2D eigenvalue weighted by molar-refractivity contribution is 9.10. The van der Waals surface area contributed by atoms with Gasteiger partial charge >= 0.3 is 0 Å². The number of benzene rings is 1. The van der Waals surface area contributed by atoms with E-state index in [0.29, 0.717) is 5.69 Å². The van der Waals surface area contributed by atoms with Crippen molar-refractivity contribution in [2.24, 2.45) is 0 Å². The van der Waals surface area contributed by atoms with Crippen molar-refractivity contribution in [3.63, 3.8) is 0 Å². The van der Waals surface area contributed by atoms with E-state index in [2.05, 4.69) is 27.0 Å². The Labute approximate surface area is 178 Å². The number of amides is 1. The van der Waals surface area contributed by atoms with Crippen molar-refractivity contribution in [1.82, 2.24) is 19.7 Å². The first-order chi connectivity index (χ1) is 14.2. The van der Waals surface area contributed by atoms with Crippen LogP contribution in [0.1, 0.15) is 59.2 Å². The maximum Gasteiger partial charge on any atom is 0.275 e. The van der Waals surface area contributed by atoms with Crippen LogP contribution in [0.4, 0.5) is 0 Å². The second-order valence-corrected chi connectivity index (χ2v) is 8.70.